The van der Waals surface area contributed by atoms with E-state index in [4.69, 9.17) is 0 Å². The molecule has 3 nitrogen and oxygen atoms in total. The first-order valence-corrected chi connectivity index (χ1v) is 4.03. The van der Waals surface area contributed by atoms with Crippen molar-refractivity contribution in [1.29, 1.82) is 0 Å². The lowest BCUT2D eigenvalue weighted by Crippen LogP contribution is -1.91. The normalized spacial score (nSPS) is 10.5. The van der Waals surface area contributed by atoms with E-state index in [2.05, 4.69) is 15.9 Å². The van der Waals surface area contributed by atoms with Gasteiger partial charge in [0.15, 0.2) is 0 Å². The van der Waals surface area contributed by atoms with Crippen molar-refractivity contribution in [3.63, 3.8) is 0 Å². The highest BCUT2D eigenvalue weighted by molar-refractivity contribution is 9.10. The van der Waals surface area contributed by atoms with Crippen molar-refractivity contribution in [3.8, 4) is 0 Å². The van der Waals surface area contributed by atoms with E-state index in [1.54, 1.807) is 0 Å². The number of rotatable bonds is 2. The Balaban J connectivity index is 3.13. The van der Waals surface area contributed by atoms with Gasteiger partial charge in [0.1, 0.15) is 0 Å². The zero-order valence-corrected chi connectivity index (χ0v) is 7.79. The summed E-state index contributed by atoms with van der Waals surface area (Å²) in [4.78, 5) is 9.65. The molecule has 70 valence electrons. The van der Waals surface area contributed by atoms with Crippen LogP contribution in [0.25, 0.3) is 0 Å². The highest BCUT2D eigenvalue weighted by Gasteiger charge is 2.15. The Morgan fingerprint density at radius 2 is 2.08 bits per heavy atom. The highest BCUT2D eigenvalue weighted by atomic mass is 79.9. The number of alkyl halides is 2. The molecule has 0 aliphatic rings. The fourth-order valence-electron chi connectivity index (χ4n) is 0.807. The van der Waals surface area contributed by atoms with Gasteiger partial charge < -0.3 is 0 Å². The number of nitro groups is 1. The minimum absolute atomic E-state index is 0.0651. The molecule has 0 aliphatic heterocycles. The minimum Gasteiger partial charge on any atom is -0.258 e. The van der Waals surface area contributed by atoms with Crippen LogP contribution in [0.15, 0.2) is 22.7 Å². The van der Waals surface area contributed by atoms with Crippen LogP contribution in [0.2, 0.25) is 0 Å². The highest BCUT2D eigenvalue weighted by Crippen LogP contribution is 2.29. The summed E-state index contributed by atoms with van der Waals surface area (Å²) in [7, 11) is 0. The lowest BCUT2D eigenvalue weighted by Gasteiger charge is -2.00. The molecule has 0 amide bonds. The van der Waals surface area contributed by atoms with Crippen molar-refractivity contribution in [2.45, 2.75) is 6.43 Å². The first-order valence-electron chi connectivity index (χ1n) is 3.24. The minimum atomic E-state index is -2.61. The van der Waals surface area contributed by atoms with Crippen LogP contribution >= 0.6 is 15.9 Å². The Morgan fingerprint density at radius 3 is 2.46 bits per heavy atom. The van der Waals surface area contributed by atoms with Crippen LogP contribution in [0.5, 0.6) is 0 Å². The second-order valence-corrected chi connectivity index (χ2v) is 3.12. The zero-order chi connectivity index (χ0) is 10.0. The van der Waals surface area contributed by atoms with Crippen LogP contribution < -0.4 is 0 Å². The van der Waals surface area contributed by atoms with E-state index in [9.17, 15) is 18.9 Å². The molecule has 0 fully saturated rings. The van der Waals surface area contributed by atoms with Crippen LogP contribution in [-0.4, -0.2) is 4.92 Å². The summed E-state index contributed by atoms with van der Waals surface area (Å²) in [6, 6.07) is 3.13. The average molecular weight is 252 g/mol. The van der Waals surface area contributed by atoms with Gasteiger partial charge in [-0.05, 0) is 28.1 Å². The predicted molar refractivity (Wildman–Crippen MR) is 45.8 cm³/mol. The summed E-state index contributed by atoms with van der Waals surface area (Å²) >= 11 is 2.84. The molecule has 0 aliphatic carbocycles. The SMILES string of the molecule is O=[N+]([O-])c1ccc(C(F)F)cc1Br. The molecule has 0 N–H and O–H groups in total. The Morgan fingerprint density at radius 1 is 1.46 bits per heavy atom. The monoisotopic (exact) mass is 251 g/mol. The first kappa shape index (κ1) is 10.0. The molecule has 0 aromatic heterocycles. The molecule has 0 saturated carbocycles. The molecule has 0 unspecified atom stereocenters. The molecule has 1 rings (SSSR count). The molecule has 0 bridgehead atoms. The Kier molecular flexibility index (Phi) is 2.92. The zero-order valence-electron chi connectivity index (χ0n) is 6.21. The fourth-order valence-corrected chi connectivity index (χ4v) is 1.35. The van der Waals surface area contributed by atoms with E-state index < -0.39 is 11.3 Å². The second-order valence-electron chi connectivity index (χ2n) is 2.27. The van der Waals surface area contributed by atoms with Crippen LogP contribution in [0.1, 0.15) is 12.0 Å². The number of nitro benzene ring substituents is 1. The summed E-state index contributed by atoms with van der Waals surface area (Å²) in [5, 5.41) is 10.3. The third kappa shape index (κ3) is 2.21. The Labute approximate surface area is 80.6 Å². The van der Waals surface area contributed by atoms with Gasteiger partial charge in [0.2, 0.25) is 0 Å². The van der Waals surface area contributed by atoms with E-state index in [0.29, 0.717) is 0 Å². The van der Waals surface area contributed by atoms with Crippen LogP contribution in [0.3, 0.4) is 0 Å². The largest absolute Gasteiger partial charge is 0.283 e. The van der Waals surface area contributed by atoms with Gasteiger partial charge in [-0.15, -0.1) is 0 Å². The summed E-state index contributed by atoms with van der Waals surface area (Å²) in [5.74, 6) is 0. The van der Waals surface area contributed by atoms with Crippen molar-refractivity contribution >= 4 is 21.6 Å². The molecule has 0 saturated heterocycles. The summed E-state index contributed by atoms with van der Waals surface area (Å²) in [6.45, 7) is 0. The summed E-state index contributed by atoms with van der Waals surface area (Å²) in [5.41, 5.74) is -0.457. The first-order chi connectivity index (χ1) is 6.02. The van der Waals surface area contributed by atoms with Gasteiger partial charge >= 0.3 is 0 Å². The van der Waals surface area contributed by atoms with E-state index in [-0.39, 0.29) is 15.7 Å². The lowest BCUT2D eigenvalue weighted by atomic mass is 10.2. The number of nitrogens with zero attached hydrogens (tertiary/aromatic N) is 1. The molecule has 0 spiro atoms. The van der Waals surface area contributed by atoms with E-state index in [0.717, 1.165) is 18.2 Å². The molecule has 0 atom stereocenters. The Hall–Kier alpha value is -1.04. The summed E-state index contributed by atoms with van der Waals surface area (Å²) < 4.78 is 24.2. The van der Waals surface area contributed by atoms with E-state index in [1.165, 1.54) is 0 Å². The summed E-state index contributed by atoms with van der Waals surface area (Å²) in [6.07, 6.45) is -2.61. The molecular formula is C7H4BrF2NO2. The average Bonchev–Trinajstić information content (AvgIpc) is 2.03. The molecule has 1 aromatic carbocycles. The predicted octanol–water partition coefficient (Wildman–Crippen LogP) is 3.29. The topological polar surface area (TPSA) is 43.1 Å². The third-order valence-corrected chi connectivity index (χ3v) is 2.06. The van der Waals surface area contributed by atoms with Crippen LogP contribution in [0.4, 0.5) is 14.5 Å². The molecule has 0 heterocycles. The molecule has 1 aromatic rings. The van der Waals surface area contributed by atoms with Gasteiger partial charge in [-0.3, -0.25) is 10.1 Å². The van der Waals surface area contributed by atoms with Gasteiger partial charge in [0.25, 0.3) is 12.1 Å². The molecule has 13 heavy (non-hydrogen) atoms. The maximum Gasteiger partial charge on any atom is 0.283 e. The van der Waals surface area contributed by atoms with Crippen LogP contribution in [-0.2, 0) is 0 Å². The molecule has 0 radical (unpaired) electrons. The van der Waals surface area contributed by atoms with Gasteiger partial charge in [-0.25, -0.2) is 8.78 Å². The fraction of sp³-hybridized carbons (Fsp3) is 0.143. The van der Waals surface area contributed by atoms with Crippen molar-refractivity contribution < 1.29 is 13.7 Å². The number of halogens is 3. The van der Waals surface area contributed by atoms with Gasteiger partial charge in [-0.2, -0.15) is 0 Å². The van der Waals surface area contributed by atoms with Crippen molar-refractivity contribution in [2.75, 3.05) is 0 Å². The third-order valence-electron chi connectivity index (χ3n) is 1.42. The standard InChI is InChI=1S/C7H4BrF2NO2/c8-5-3-4(7(9)10)1-2-6(5)11(12)13/h1-3,7H. The number of benzene rings is 1. The number of hydrogen-bond acceptors (Lipinski definition) is 2. The van der Waals surface area contributed by atoms with Crippen molar-refractivity contribution in [1.82, 2.24) is 0 Å². The van der Waals surface area contributed by atoms with Gasteiger partial charge in [0.05, 0.1) is 9.40 Å². The van der Waals surface area contributed by atoms with Crippen molar-refractivity contribution in [3.05, 3.63) is 38.3 Å². The lowest BCUT2D eigenvalue weighted by molar-refractivity contribution is -0.385. The maximum atomic E-state index is 12.1. The molecular weight excluding hydrogens is 248 g/mol. The van der Waals surface area contributed by atoms with Gasteiger partial charge in [0, 0.05) is 11.6 Å². The van der Waals surface area contributed by atoms with E-state index in [1.807, 2.05) is 0 Å². The maximum absolute atomic E-state index is 12.1. The quantitative estimate of drug-likeness (QED) is 0.598. The second kappa shape index (κ2) is 3.78. The Bertz CT molecular complexity index is 343. The van der Waals surface area contributed by atoms with Crippen molar-refractivity contribution in [2.24, 2.45) is 0 Å². The van der Waals surface area contributed by atoms with Gasteiger partial charge in [-0.1, -0.05) is 0 Å². The smallest absolute Gasteiger partial charge is 0.258 e. The number of hydrogen-bond donors (Lipinski definition) is 0. The molecule has 6 heteroatoms. The van der Waals surface area contributed by atoms with E-state index >= 15 is 0 Å². The van der Waals surface area contributed by atoms with Crippen LogP contribution in [0, 0.1) is 10.1 Å².